The Morgan fingerprint density at radius 3 is 2.88 bits per heavy atom. The van der Waals surface area contributed by atoms with Crippen LogP contribution in [0.15, 0.2) is 6.20 Å². The maximum atomic E-state index is 10.6. The zero-order valence-corrected chi connectivity index (χ0v) is 10.5. The molecule has 0 amide bonds. The van der Waals surface area contributed by atoms with Gasteiger partial charge < -0.3 is 0 Å². The van der Waals surface area contributed by atoms with Gasteiger partial charge in [0.05, 0.1) is 11.4 Å². The third-order valence-corrected chi connectivity index (χ3v) is 4.18. The third kappa shape index (κ3) is 2.89. The Morgan fingerprint density at radius 2 is 2.25 bits per heavy atom. The van der Waals surface area contributed by atoms with Crippen LogP contribution in [0, 0.1) is 0 Å². The van der Waals surface area contributed by atoms with Crippen LogP contribution in [0.4, 0.5) is 0 Å². The fraction of sp³-hybridized carbons (Fsp3) is 0.667. The normalized spacial score (nSPS) is 17.9. The molecule has 0 bridgehead atoms. The molecule has 0 saturated heterocycles. The molecule has 3 nitrogen and oxygen atoms in total. The van der Waals surface area contributed by atoms with Gasteiger partial charge in [0.25, 0.3) is 0 Å². The lowest BCUT2D eigenvalue weighted by molar-refractivity contribution is 0.112. The molecule has 0 spiro atoms. The number of rotatable bonds is 4. The molecular weight excluding hydrogens is 220 g/mol. The summed E-state index contributed by atoms with van der Waals surface area (Å²) in [5, 5.41) is 1.05. The van der Waals surface area contributed by atoms with Gasteiger partial charge in [-0.2, -0.15) is 0 Å². The van der Waals surface area contributed by atoms with Crippen molar-refractivity contribution in [3.05, 3.63) is 16.1 Å². The van der Waals surface area contributed by atoms with Crippen LogP contribution in [0.1, 0.15) is 46.8 Å². The number of thiazole rings is 1. The fourth-order valence-corrected chi connectivity index (χ4v) is 3.12. The van der Waals surface area contributed by atoms with Crippen molar-refractivity contribution in [2.24, 2.45) is 0 Å². The molecule has 4 heteroatoms. The van der Waals surface area contributed by atoms with Crippen LogP contribution in [-0.4, -0.2) is 29.3 Å². The van der Waals surface area contributed by atoms with E-state index in [0.29, 0.717) is 6.04 Å². The van der Waals surface area contributed by atoms with Gasteiger partial charge in [0.1, 0.15) is 5.01 Å². The van der Waals surface area contributed by atoms with Crippen molar-refractivity contribution in [1.29, 1.82) is 0 Å². The predicted octanol–water partition coefficient (Wildman–Crippen LogP) is 2.72. The molecule has 1 aliphatic rings. The molecule has 1 fully saturated rings. The Labute approximate surface area is 100 Å². The van der Waals surface area contributed by atoms with Crippen LogP contribution in [0.3, 0.4) is 0 Å². The predicted molar refractivity (Wildman–Crippen MR) is 65.8 cm³/mol. The number of aldehydes is 1. The number of hydrogen-bond donors (Lipinski definition) is 0. The molecule has 16 heavy (non-hydrogen) atoms. The molecule has 0 atom stereocenters. The van der Waals surface area contributed by atoms with E-state index in [1.165, 1.54) is 43.4 Å². The largest absolute Gasteiger partial charge is 0.297 e. The van der Waals surface area contributed by atoms with Crippen molar-refractivity contribution in [1.82, 2.24) is 9.88 Å². The molecule has 0 aromatic carbocycles. The highest BCUT2D eigenvalue weighted by Crippen LogP contribution is 2.23. The maximum Gasteiger partial charge on any atom is 0.161 e. The van der Waals surface area contributed by atoms with Crippen molar-refractivity contribution in [2.75, 3.05) is 7.05 Å². The summed E-state index contributed by atoms with van der Waals surface area (Å²) in [7, 11) is 2.16. The van der Waals surface area contributed by atoms with Gasteiger partial charge in [-0.25, -0.2) is 4.98 Å². The van der Waals surface area contributed by atoms with Gasteiger partial charge in [0, 0.05) is 12.2 Å². The lowest BCUT2D eigenvalue weighted by Crippen LogP contribution is -2.32. The zero-order valence-electron chi connectivity index (χ0n) is 9.69. The van der Waals surface area contributed by atoms with E-state index in [0.717, 1.165) is 22.7 Å². The minimum absolute atomic E-state index is 0.706. The highest BCUT2D eigenvalue weighted by Gasteiger charge is 2.18. The topological polar surface area (TPSA) is 33.2 Å². The Balaban J connectivity index is 1.90. The van der Waals surface area contributed by atoms with E-state index < -0.39 is 0 Å². The van der Waals surface area contributed by atoms with Crippen molar-refractivity contribution < 1.29 is 4.79 Å². The van der Waals surface area contributed by atoms with E-state index in [2.05, 4.69) is 16.9 Å². The molecular formula is C12H18N2OS. The summed E-state index contributed by atoms with van der Waals surface area (Å²) >= 11 is 1.50. The Kier molecular flexibility index (Phi) is 4.07. The summed E-state index contributed by atoms with van der Waals surface area (Å²) in [6.45, 7) is 0.878. The summed E-state index contributed by atoms with van der Waals surface area (Å²) in [5.41, 5.74) is 0. The lowest BCUT2D eigenvalue weighted by Gasteiger charge is -2.30. The summed E-state index contributed by atoms with van der Waals surface area (Å²) in [5.74, 6) is 0. The molecule has 0 aliphatic heterocycles. The van der Waals surface area contributed by atoms with E-state index in [1.807, 2.05) is 0 Å². The molecule has 2 rings (SSSR count). The average molecular weight is 238 g/mol. The van der Waals surface area contributed by atoms with Crippen LogP contribution in [0.2, 0.25) is 0 Å². The van der Waals surface area contributed by atoms with Crippen molar-refractivity contribution >= 4 is 17.6 Å². The summed E-state index contributed by atoms with van der Waals surface area (Å²) in [6.07, 6.45) is 9.25. The Morgan fingerprint density at radius 1 is 1.50 bits per heavy atom. The van der Waals surface area contributed by atoms with Crippen LogP contribution in [-0.2, 0) is 6.54 Å². The molecule has 0 radical (unpaired) electrons. The Bertz CT molecular complexity index is 345. The van der Waals surface area contributed by atoms with Gasteiger partial charge in [-0.3, -0.25) is 9.69 Å². The van der Waals surface area contributed by atoms with Gasteiger partial charge >= 0.3 is 0 Å². The van der Waals surface area contributed by atoms with Gasteiger partial charge in [0.2, 0.25) is 0 Å². The second kappa shape index (κ2) is 5.55. The second-order valence-electron chi connectivity index (χ2n) is 4.48. The third-order valence-electron chi connectivity index (χ3n) is 3.27. The number of aromatic nitrogens is 1. The first kappa shape index (κ1) is 11.7. The number of carbonyl (C=O) groups is 1. The summed E-state index contributed by atoms with van der Waals surface area (Å²) in [6, 6.07) is 0.706. The van der Waals surface area contributed by atoms with Gasteiger partial charge in [-0.15, -0.1) is 11.3 Å². The van der Waals surface area contributed by atoms with Crippen LogP contribution in [0.25, 0.3) is 0 Å². The molecule has 1 aromatic rings. The molecule has 1 aliphatic carbocycles. The van der Waals surface area contributed by atoms with E-state index in [1.54, 1.807) is 6.20 Å². The Hall–Kier alpha value is -0.740. The van der Waals surface area contributed by atoms with Crippen molar-refractivity contribution in [3.8, 4) is 0 Å². The number of carbonyl (C=O) groups excluding carboxylic acids is 1. The zero-order chi connectivity index (χ0) is 11.4. The smallest absolute Gasteiger partial charge is 0.161 e. The number of nitrogens with zero attached hydrogens (tertiary/aromatic N) is 2. The van der Waals surface area contributed by atoms with Gasteiger partial charge in [-0.1, -0.05) is 19.3 Å². The minimum atomic E-state index is 0.706. The first-order chi connectivity index (χ1) is 7.79. The lowest BCUT2D eigenvalue weighted by atomic mass is 9.94. The maximum absolute atomic E-state index is 10.6. The number of hydrogen-bond acceptors (Lipinski definition) is 4. The highest BCUT2D eigenvalue weighted by molar-refractivity contribution is 7.13. The molecule has 0 N–H and O–H groups in total. The monoisotopic (exact) mass is 238 g/mol. The SMILES string of the molecule is CN(Cc1ncc(C=O)s1)C1CCCCC1. The summed E-state index contributed by atoms with van der Waals surface area (Å²) in [4.78, 5) is 17.9. The molecule has 1 aromatic heterocycles. The van der Waals surface area contributed by atoms with E-state index in [-0.39, 0.29) is 0 Å². The molecule has 1 heterocycles. The van der Waals surface area contributed by atoms with E-state index in [9.17, 15) is 4.79 Å². The molecule has 1 saturated carbocycles. The second-order valence-corrected chi connectivity index (χ2v) is 5.63. The first-order valence-electron chi connectivity index (χ1n) is 5.89. The molecule has 0 unspecified atom stereocenters. The van der Waals surface area contributed by atoms with Crippen LogP contribution >= 0.6 is 11.3 Å². The van der Waals surface area contributed by atoms with Crippen molar-refractivity contribution in [3.63, 3.8) is 0 Å². The van der Waals surface area contributed by atoms with Crippen LogP contribution < -0.4 is 0 Å². The van der Waals surface area contributed by atoms with E-state index in [4.69, 9.17) is 0 Å². The quantitative estimate of drug-likeness (QED) is 0.756. The van der Waals surface area contributed by atoms with Crippen molar-refractivity contribution in [2.45, 2.75) is 44.7 Å². The van der Waals surface area contributed by atoms with Gasteiger partial charge in [0.15, 0.2) is 6.29 Å². The minimum Gasteiger partial charge on any atom is -0.297 e. The first-order valence-corrected chi connectivity index (χ1v) is 6.71. The average Bonchev–Trinajstić information content (AvgIpc) is 2.78. The van der Waals surface area contributed by atoms with Crippen LogP contribution in [0.5, 0.6) is 0 Å². The highest BCUT2D eigenvalue weighted by atomic mass is 32.1. The standard InChI is InChI=1S/C12H18N2OS/c1-14(10-5-3-2-4-6-10)8-12-13-7-11(9-15)16-12/h7,9-10H,2-6,8H2,1H3. The fourth-order valence-electron chi connectivity index (χ4n) is 2.32. The summed E-state index contributed by atoms with van der Waals surface area (Å²) < 4.78 is 0. The van der Waals surface area contributed by atoms with E-state index >= 15 is 0 Å². The molecule has 88 valence electrons. The van der Waals surface area contributed by atoms with Gasteiger partial charge in [-0.05, 0) is 19.9 Å².